The molecule has 0 unspecified atom stereocenters. The third kappa shape index (κ3) is 3.52. The summed E-state index contributed by atoms with van der Waals surface area (Å²) in [6.45, 7) is 3.34. The van der Waals surface area contributed by atoms with E-state index in [2.05, 4.69) is 42.2 Å². The molecule has 0 aliphatic carbocycles. The fourth-order valence-electron chi connectivity index (χ4n) is 1.46. The summed E-state index contributed by atoms with van der Waals surface area (Å²) < 4.78 is 2.12. The lowest BCUT2D eigenvalue weighted by Gasteiger charge is -2.13. The van der Waals surface area contributed by atoms with Crippen LogP contribution in [0.5, 0.6) is 0 Å². The Bertz CT molecular complexity index is 258. The first-order valence-electron chi connectivity index (χ1n) is 5.18. The molecule has 1 heterocycles. The van der Waals surface area contributed by atoms with Gasteiger partial charge in [-0.2, -0.15) is 0 Å². The maximum atomic E-state index is 8.68. The van der Waals surface area contributed by atoms with Crippen molar-refractivity contribution in [3.8, 4) is 0 Å². The predicted molar refractivity (Wildman–Crippen MR) is 58.0 cm³/mol. The van der Waals surface area contributed by atoms with Gasteiger partial charge in [0.2, 0.25) is 0 Å². The first-order valence-corrected chi connectivity index (χ1v) is 5.18. The van der Waals surface area contributed by atoms with Gasteiger partial charge in [0.05, 0.1) is 0 Å². The summed E-state index contributed by atoms with van der Waals surface area (Å²) in [5, 5.41) is 12.1. The average Bonchev–Trinajstić information content (AvgIpc) is 2.58. The number of nitrogens with zero attached hydrogens (tertiary/aromatic N) is 1. The van der Waals surface area contributed by atoms with Gasteiger partial charge in [-0.3, -0.25) is 0 Å². The van der Waals surface area contributed by atoms with E-state index in [0.29, 0.717) is 6.04 Å². The zero-order valence-electron chi connectivity index (χ0n) is 9.03. The van der Waals surface area contributed by atoms with Gasteiger partial charge >= 0.3 is 0 Å². The maximum absolute atomic E-state index is 8.68. The summed E-state index contributed by atoms with van der Waals surface area (Å²) in [6.07, 6.45) is 3.96. The van der Waals surface area contributed by atoms with Gasteiger partial charge in [0.25, 0.3) is 0 Å². The minimum Gasteiger partial charge on any atom is -0.396 e. The fraction of sp³-hybridized carbons (Fsp3) is 0.636. The molecule has 3 nitrogen and oxygen atoms in total. The molecule has 14 heavy (non-hydrogen) atoms. The van der Waals surface area contributed by atoms with Crippen molar-refractivity contribution < 1.29 is 5.11 Å². The molecular formula is C11H20N2O. The molecule has 1 aromatic rings. The van der Waals surface area contributed by atoms with Crippen molar-refractivity contribution in [2.75, 3.05) is 6.61 Å². The van der Waals surface area contributed by atoms with Crippen molar-refractivity contribution >= 4 is 0 Å². The highest BCUT2D eigenvalue weighted by Crippen LogP contribution is 2.01. The van der Waals surface area contributed by atoms with Gasteiger partial charge in [0.15, 0.2) is 0 Å². The van der Waals surface area contributed by atoms with Crippen LogP contribution in [0.4, 0.5) is 0 Å². The van der Waals surface area contributed by atoms with Crippen LogP contribution in [0.15, 0.2) is 18.3 Å². The zero-order valence-corrected chi connectivity index (χ0v) is 9.03. The minimum absolute atomic E-state index is 0.288. The molecule has 3 heteroatoms. The highest BCUT2D eigenvalue weighted by Gasteiger charge is 2.02. The number of hydrogen-bond donors (Lipinski definition) is 2. The summed E-state index contributed by atoms with van der Waals surface area (Å²) >= 11 is 0. The van der Waals surface area contributed by atoms with E-state index in [0.717, 1.165) is 19.4 Å². The molecule has 2 N–H and O–H groups in total. The number of aromatic nitrogens is 1. The number of aliphatic hydroxyl groups is 1. The van der Waals surface area contributed by atoms with Gasteiger partial charge in [0, 0.05) is 38.1 Å². The molecule has 0 bridgehead atoms. The quantitative estimate of drug-likeness (QED) is 0.719. The Hall–Kier alpha value is -0.800. The van der Waals surface area contributed by atoms with Crippen LogP contribution in [0.2, 0.25) is 0 Å². The van der Waals surface area contributed by atoms with Crippen molar-refractivity contribution in [1.82, 2.24) is 9.88 Å². The molecule has 1 rings (SSSR count). The molecule has 80 valence electrons. The summed E-state index contributed by atoms with van der Waals surface area (Å²) in [5.74, 6) is 0. The van der Waals surface area contributed by atoms with E-state index in [-0.39, 0.29) is 6.61 Å². The van der Waals surface area contributed by atoms with Crippen LogP contribution in [0.1, 0.15) is 25.5 Å². The number of aliphatic hydroxyl groups excluding tert-OH is 1. The molecule has 1 aromatic heterocycles. The summed E-state index contributed by atoms with van der Waals surface area (Å²) in [6, 6.07) is 4.64. The van der Waals surface area contributed by atoms with Crippen LogP contribution in [-0.2, 0) is 13.6 Å². The summed E-state index contributed by atoms with van der Waals surface area (Å²) in [4.78, 5) is 0. The van der Waals surface area contributed by atoms with E-state index >= 15 is 0 Å². The first-order chi connectivity index (χ1) is 6.74. The standard InChI is InChI=1S/C11H20N2O/c1-10(5-4-8-14)12-9-11-6-3-7-13(11)2/h3,6-7,10,12,14H,4-5,8-9H2,1-2H3/t10-/m1/s1. The van der Waals surface area contributed by atoms with Crippen molar-refractivity contribution in [3.05, 3.63) is 24.0 Å². The van der Waals surface area contributed by atoms with Crippen LogP contribution < -0.4 is 5.32 Å². The minimum atomic E-state index is 0.288. The van der Waals surface area contributed by atoms with Crippen molar-refractivity contribution in [1.29, 1.82) is 0 Å². The molecule has 0 amide bonds. The molecule has 0 fully saturated rings. The Morgan fingerprint density at radius 1 is 1.57 bits per heavy atom. The lowest BCUT2D eigenvalue weighted by atomic mass is 10.2. The largest absolute Gasteiger partial charge is 0.396 e. The topological polar surface area (TPSA) is 37.2 Å². The number of aryl methyl sites for hydroxylation is 1. The molecule has 0 saturated heterocycles. The molecule has 1 atom stereocenters. The lowest BCUT2D eigenvalue weighted by molar-refractivity contribution is 0.276. The van der Waals surface area contributed by atoms with E-state index in [1.807, 2.05) is 0 Å². The highest BCUT2D eigenvalue weighted by atomic mass is 16.2. The van der Waals surface area contributed by atoms with Crippen molar-refractivity contribution in [2.45, 2.75) is 32.4 Å². The van der Waals surface area contributed by atoms with Crippen LogP contribution in [0, 0.1) is 0 Å². The number of rotatable bonds is 6. The molecule has 0 aliphatic rings. The van der Waals surface area contributed by atoms with Crippen LogP contribution in [0.3, 0.4) is 0 Å². The molecule has 0 radical (unpaired) electrons. The molecule has 0 saturated carbocycles. The van der Waals surface area contributed by atoms with Gasteiger partial charge in [-0.1, -0.05) is 0 Å². The van der Waals surface area contributed by atoms with Gasteiger partial charge in [-0.15, -0.1) is 0 Å². The van der Waals surface area contributed by atoms with E-state index in [1.165, 1.54) is 5.69 Å². The second-order valence-corrected chi connectivity index (χ2v) is 3.76. The van der Waals surface area contributed by atoms with Crippen LogP contribution in [0.25, 0.3) is 0 Å². The Morgan fingerprint density at radius 3 is 2.93 bits per heavy atom. The Balaban J connectivity index is 2.23. The van der Waals surface area contributed by atoms with Crippen LogP contribution in [-0.4, -0.2) is 22.3 Å². The maximum Gasteiger partial charge on any atom is 0.0431 e. The van der Waals surface area contributed by atoms with Gasteiger partial charge in [-0.05, 0) is 31.9 Å². The highest BCUT2D eigenvalue weighted by molar-refractivity contribution is 5.06. The molecule has 0 spiro atoms. The normalized spacial score (nSPS) is 13.1. The second-order valence-electron chi connectivity index (χ2n) is 3.76. The Labute approximate surface area is 85.7 Å². The van der Waals surface area contributed by atoms with E-state index in [4.69, 9.17) is 5.11 Å². The first kappa shape index (κ1) is 11.3. The van der Waals surface area contributed by atoms with Crippen molar-refractivity contribution in [2.24, 2.45) is 7.05 Å². The summed E-state index contributed by atoms with van der Waals surface area (Å²) in [7, 11) is 2.05. The van der Waals surface area contributed by atoms with Gasteiger partial charge in [0.1, 0.15) is 0 Å². The van der Waals surface area contributed by atoms with E-state index < -0.39 is 0 Å². The third-order valence-electron chi connectivity index (χ3n) is 2.48. The third-order valence-corrected chi connectivity index (χ3v) is 2.48. The molecule has 0 aliphatic heterocycles. The number of hydrogen-bond acceptors (Lipinski definition) is 2. The molecular weight excluding hydrogens is 176 g/mol. The van der Waals surface area contributed by atoms with Gasteiger partial charge < -0.3 is 15.0 Å². The predicted octanol–water partition coefficient (Wildman–Crippen LogP) is 1.28. The smallest absolute Gasteiger partial charge is 0.0431 e. The SMILES string of the molecule is C[C@H](CCCO)NCc1cccn1C. The van der Waals surface area contributed by atoms with E-state index in [1.54, 1.807) is 0 Å². The fourth-order valence-corrected chi connectivity index (χ4v) is 1.46. The lowest BCUT2D eigenvalue weighted by Crippen LogP contribution is -2.26. The average molecular weight is 196 g/mol. The van der Waals surface area contributed by atoms with E-state index in [9.17, 15) is 0 Å². The monoisotopic (exact) mass is 196 g/mol. The van der Waals surface area contributed by atoms with Crippen molar-refractivity contribution in [3.63, 3.8) is 0 Å². The zero-order chi connectivity index (χ0) is 10.4. The Kier molecular flexibility index (Phi) is 4.70. The number of nitrogens with one attached hydrogen (secondary N) is 1. The van der Waals surface area contributed by atoms with Crippen LogP contribution >= 0.6 is 0 Å². The summed E-state index contributed by atoms with van der Waals surface area (Å²) in [5.41, 5.74) is 1.29. The van der Waals surface area contributed by atoms with Gasteiger partial charge in [-0.25, -0.2) is 0 Å². The Morgan fingerprint density at radius 2 is 2.36 bits per heavy atom. The molecule has 0 aromatic carbocycles. The second kappa shape index (κ2) is 5.83.